The van der Waals surface area contributed by atoms with Gasteiger partial charge < -0.3 is 21.1 Å². The van der Waals surface area contributed by atoms with Crippen molar-refractivity contribution in [3.8, 4) is 0 Å². The van der Waals surface area contributed by atoms with Crippen LogP contribution in [0.25, 0.3) is 0 Å². The number of carbonyl (C=O) groups excluding carboxylic acids is 2. The summed E-state index contributed by atoms with van der Waals surface area (Å²) in [5, 5.41) is 16.5. The Labute approximate surface area is 119 Å². The fraction of sp³-hybridized carbons (Fsp3) is 0.769. The Morgan fingerprint density at radius 3 is 1.95 bits per heavy atom. The number of nitrogens with one attached hydrogen (secondary N) is 3. The number of carboxylic acid groups (broad SMARTS) is 1. The van der Waals surface area contributed by atoms with E-state index in [2.05, 4.69) is 16.0 Å². The van der Waals surface area contributed by atoms with Crippen LogP contribution in [0.4, 0.5) is 4.79 Å². The standard InChI is InChI=1S/C13H25N3O4/c1-6-8(4)10(12(18)19)16-13(20)15-9(5)11(17)14-7(2)3/h7-10H,6H2,1-5H3,(H,14,17)(H,18,19)(H2,15,16,20)/t8?,9?,10-/m0/s1. The van der Waals surface area contributed by atoms with Crippen molar-refractivity contribution in [2.24, 2.45) is 5.92 Å². The Morgan fingerprint density at radius 2 is 1.55 bits per heavy atom. The summed E-state index contributed by atoms with van der Waals surface area (Å²) in [4.78, 5) is 34.4. The van der Waals surface area contributed by atoms with Crippen molar-refractivity contribution in [2.75, 3.05) is 0 Å². The first-order valence-corrected chi connectivity index (χ1v) is 6.79. The van der Waals surface area contributed by atoms with E-state index in [0.29, 0.717) is 6.42 Å². The van der Waals surface area contributed by atoms with Crippen LogP contribution in [0, 0.1) is 5.92 Å². The zero-order chi connectivity index (χ0) is 15.9. The van der Waals surface area contributed by atoms with Gasteiger partial charge in [-0.05, 0) is 26.7 Å². The predicted octanol–water partition coefficient (Wildman–Crippen LogP) is 0.698. The Hall–Kier alpha value is -1.79. The average Bonchev–Trinajstić information content (AvgIpc) is 2.33. The summed E-state index contributed by atoms with van der Waals surface area (Å²) in [6.45, 7) is 8.76. The molecule has 0 radical (unpaired) electrons. The molecule has 7 nitrogen and oxygen atoms in total. The molecule has 0 saturated carbocycles. The van der Waals surface area contributed by atoms with E-state index in [-0.39, 0.29) is 17.9 Å². The molecule has 2 unspecified atom stereocenters. The fourth-order valence-corrected chi connectivity index (χ4v) is 1.54. The van der Waals surface area contributed by atoms with Crippen LogP contribution in [0.2, 0.25) is 0 Å². The third-order valence-corrected chi connectivity index (χ3v) is 2.94. The molecule has 0 saturated heterocycles. The molecule has 0 bridgehead atoms. The molecule has 0 aromatic carbocycles. The molecule has 20 heavy (non-hydrogen) atoms. The van der Waals surface area contributed by atoms with E-state index in [0.717, 1.165) is 0 Å². The second-order valence-electron chi connectivity index (χ2n) is 5.20. The van der Waals surface area contributed by atoms with E-state index in [1.807, 2.05) is 20.8 Å². The van der Waals surface area contributed by atoms with Crippen molar-refractivity contribution < 1.29 is 19.5 Å². The van der Waals surface area contributed by atoms with Crippen LogP contribution in [0.15, 0.2) is 0 Å². The van der Waals surface area contributed by atoms with E-state index in [4.69, 9.17) is 5.11 Å². The molecule has 0 spiro atoms. The molecule has 0 rings (SSSR count). The van der Waals surface area contributed by atoms with E-state index < -0.39 is 24.1 Å². The van der Waals surface area contributed by atoms with Crippen LogP contribution in [0.5, 0.6) is 0 Å². The van der Waals surface area contributed by atoms with Crippen LogP contribution in [-0.2, 0) is 9.59 Å². The fourth-order valence-electron chi connectivity index (χ4n) is 1.54. The summed E-state index contributed by atoms with van der Waals surface area (Å²) in [6.07, 6.45) is 0.626. The molecule has 0 aromatic rings. The molecule has 0 heterocycles. The van der Waals surface area contributed by atoms with Crippen molar-refractivity contribution >= 4 is 17.9 Å². The normalized spacial score (nSPS) is 15.1. The number of amides is 3. The SMILES string of the molecule is CCC(C)[C@H](NC(=O)NC(C)C(=O)NC(C)C)C(=O)O. The summed E-state index contributed by atoms with van der Waals surface area (Å²) in [7, 11) is 0. The molecule has 116 valence electrons. The van der Waals surface area contributed by atoms with Crippen molar-refractivity contribution in [3.63, 3.8) is 0 Å². The molecule has 0 fully saturated rings. The molecular formula is C13H25N3O4. The molecule has 0 aliphatic heterocycles. The molecular weight excluding hydrogens is 262 g/mol. The van der Waals surface area contributed by atoms with Crippen LogP contribution >= 0.6 is 0 Å². The number of urea groups is 1. The van der Waals surface area contributed by atoms with E-state index in [1.165, 1.54) is 6.92 Å². The van der Waals surface area contributed by atoms with Gasteiger partial charge in [0.05, 0.1) is 0 Å². The summed E-state index contributed by atoms with van der Waals surface area (Å²) >= 11 is 0. The molecule has 4 N–H and O–H groups in total. The maximum Gasteiger partial charge on any atom is 0.326 e. The van der Waals surface area contributed by atoms with Crippen LogP contribution in [0.3, 0.4) is 0 Å². The van der Waals surface area contributed by atoms with Crippen LogP contribution in [0.1, 0.15) is 41.0 Å². The average molecular weight is 287 g/mol. The van der Waals surface area contributed by atoms with Crippen molar-refractivity contribution in [1.29, 1.82) is 0 Å². The number of hydrogen-bond acceptors (Lipinski definition) is 3. The second-order valence-corrected chi connectivity index (χ2v) is 5.20. The zero-order valence-corrected chi connectivity index (χ0v) is 12.7. The van der Waals surface area contributed by atoms with Gasteiger partial charge in [-0.1, -0.05) is 20.3 Å². The van der Waals surface area contributed by atoms with E-state index >= 15 is 0 Å². The number of carboxylic acids is 1. The van der Waals surface area contributed by atoms with Gasteiger partial charge in [0.1, 0.15) is 12.1 Å². The van der Waals surface area contributed by atoms with Gasteiger partial charge in [-0.25, -0.2) is 9.59 Å². The first-order chi connectivity index (χ1) is 9.18. The van der Waals surface area contributed by atoms with Crippen molar-refractivity contribution in [2.45, 2.75) is 59.2 Å². The smallest absolute Gasteiger partial charge is 0.326 e. The van der Waals surface area contributed by atoms with Crippen LogP contribution in [-0.4, -0.2) is 41.1 Å². The first kappa shape index (κ1) is 18.2. The highest BCUT2D eigenvalue weighted by molar-refractivity contribution is 5.88. The predicted molar refractivity (Wildman–Crippen MR) is 75.3 cm³/mol. The van der Waals surface area contributed by atoms with E-state index in [9.17, 15) is 14.4 Å². The lowest BCUT2D eigenvalue weighted by atomic mass is 9.99. The zero-order valence-electron chi connectivity index (χ0n) is 12.7. The topological polar surface area (TPSA) is 108 Å². The second kappa shape index (κ2) is 8.39. The van der Waals surface area contributed by atoms with Gasteiger partial charge in [0, 0.05) is 6.04 Å². The highest BCUT2D eigenvalue weighted by Crippen LogP contribution is 2.07. The van der Waals surface area contributed by atoms with Gasteiger partial charge in [0.2, 0.25) is 5.91 Å². The Kier molecular flexibility index (Phi) is 7.64. The summed E-state index contributed by atoms with van der Waals surface area (Å²) < 4.78 is 0. The van der Waals surface area contributed by atoms with Crippen molar-refractivity contribution in [1.82, 2.24) is 16.0 Å². The highest BCUT2D eigenvalue weighted by Gasteiger charge is 2.26. The maximum atomic E-state index is 11.7. The third-order valence-electron chi connectivity index (χ3n) is 2.94. The maximum absolute atomic E-state index is 11.7. The highest BCUT2D eigenvalue weighted by atomic mass is 16.4. The summed E-state index contributed by atoms with van der Waals surface area (Å²) in [5.74, 6) is -1.60. The molecule has 0 aliphatic carbocycles. The molecule has 0 aromatic heterocycles. The number of carbonyl (C=O) groups is 3. The monoisotopic (exact) mass is 287 g/mol. The van der Waals surface area contributed by atoms with E-state index in [1.54, 1.807) is 6.92 Å². The minimum absolute atomic E-state index is 0.0262. The minimum atomic E-state index is -1.09. The summed E-state index contributed by atoms with van der Waals surface area (Å²) in [6, 6.07) is -2.39. The Bertz CT molecular complexity index is 358. The Balaban J connectivity index is 4.46. The van der Waals surface area contributed by atoms with Gasteiger partial charge in [-0.3, -0.25) is 4.79 Å². The van der Waals surface area contributed by atoms with Gasteiger partial charge >= 0.3 is 12.0 Å². The lowest BCUT2D eigenvalue weighted by Gasteiger charge is -2.22. The Morgan fingerprint density at radius 1 is 1.00 bits per heavy atom. The first-order valence-electron chi connectivity index (χ1n) is 6.79. The van der Waals surface area contributed by atoms with Gasteiger partial charge in [-0.2, -0.15) is 0 Å². The minimum Gasteiger partial charge on any atom is -0.480 e. The van der Waals surface area contributed by atoms with Gasteiger partial charge in [0.25, 0.3) is 0 Å². The lowest BCUT2D eigenvalue weighted by molar-refractivity contribution is -0.140. The van der Waals surface area contributed by atoms with Crippen LogP contribution < -0.4 is 16.0 Å². The quantitative estimate of drug-likeness (QED) is 0.552. The molecule has 3 atom stereocenters. The summed E-state index contributed by atoms with van der Waals surface area (Å²) in [5.41, 5.74) is 0. The largest absolute Gasteiger partial charge is 0.480 e. The lowest BCUT2D eigenvalue weighted by Crippen LogP contribution is -2.54. The van der Waals surface area contributed by atoms with Gasteiger partial charge in [-0.15, -0.1) is 0 Å². The van der Waals surface area contributed by atoms with Gasteiger partial charge in [0.15, 0.2) is 0 Å². The molecule has 3 amide bonds. The molecule has 0 aliphatic rings. The molecule has 7 heteroatoms. The number of hydrogen-bond donors (Lipinski definition) is 4. The number of rotatable bonds is 7. The van der Waals surface area contributed by atoms with Crippen molar-refractivity contribution in [3.05, 3.63) is 0 Å². The number of aliphatic carboxylic acids is 1. The third kappa shape index (κ3) is 6.40.